The third-order valence-electron chi connectivity index (χ3n) is 2.64. The Bertz CT molecular complexity index is 343. The van der Waals surface area contributed by atoms with E-state index in [9.17, 15) is 5.11 Å². The van der Waals surface area contributed by atoms with E-state index < -0.39 is 0 Å². The second-order valence-electron chi connectivity index (χ2n) is 3.69. The van der Waals surface area contributed by atoms with Crippen LogP contribution in [-0.2, 0) is 0 Å². The van der Waals surface area contributed by atoms with Crippen molar-refractivity contribution in [2.45, 2.75) is 31.9 Å². The summed E-state index contributed by atoms with van der Waals surface area (Å²) in [5.74, 6) is 0.828. The molecule has 2 rings (SSSR count). The van der Waals surface area contributed by atoms with Gasteiger partial charge in [0.25, 0.3) is 0 Å². The lowest BCUT2D eigenvalue weighted by Gasteiger charge is -2.33. The summed E-state index contributed by atoms with van der Waals surface area (Å²) in [4.78, 5) is 4.23. The van der Waals surface area contributed by atoms with Crippen LogP contribution in [0.5, 0.6) is 0 Å². The second kappa shape index (κ2) is 3.87. The predicted molar refractivity (Wildman–Crippen MR) is 59.3 cm³/mol. The van der Waals surface area contributed by atoms with Crippen molar-refractivity contribution in [3.05, 3.63) is 22.3 Å². The molecule has 1 saturated carbocycles. The van der Waals surface area contributed by atoms with Crippen LogP contribution in [0.25, 0.3) is 0 Å². The van der Waals surface area contributed by atoms with Crippen molar-refractivity contribution < 1.29 is 5.11 Å². The zero-order chi connectivity index (χ0) is 10.1. The normalized spacial score (nSPS) is 25.6. The molecule has 0 saturated heterocycles. The lowest BCUT2D eigenvalue weighted by Crippen LogP contribution is -2.43. The summed E-state index contributed by atoms with van der Waals surface area (Å²) in [6.07, 6.45) is 3.46. The molecular formula is C10H13BrN2O. The van der Waals surface area contributed by atoms with Crippen molar-refractivity contribution in [3.8, 4) is 0 Å². The molecule has 3 nitrogen and oxygen atoms in total. The summed E-state index contributed by atoms with van der Waals surface area (Å²) in [5, 5.41) is 12.7. The van der Waals surface area contributed by atoms with E-state index in [0.29, 0.717) is 0 Å². The van der Waals surface area contributed by atoms with Crippen LogP contribution < -0.4 is 5.32 Å². The number of hydrogen-bond donors (Lipinski definition) is 2. The number of anilines is 1. The molecule has 1 aliphatic rings. The van der Waals surface area contributed by atoms with Gasteiger partial charge in [0.2, 0.25) is 0 Å². The molecular weight excluding hydrogens is 244 g/mol. The average Bonchev–Trinajstić information content (AvgIpc) is 2.18. The van der Waals surface area contributed by atoms with E-state index in [4.69, 9.17) is 0 Å². The molecule has 1 aromatic heterocycles. The second-order valence-corrected chi connectivity index (χ2v) is 4.48. The largest absolute Gasteiger partial charge is 0.391 e. The van der Waals surface area contributed by atoms with E-state index in [-0.39, 0.29) is 12.1 Å². The highest BCUT2D eigenvalue weighted by molar-refractivity contribution is 9.10. The molecule has 1 aliphatic carbocycles. The number of pyridine rings is 1. The number of nitrogens with one attached hydrogen (secondary N) is 1. The van der Waals surface area contributed by atoms with Crippen LogP contribution >= 0.6 is 15.9 Å². The summed E-state index contributed by atoms with van der Waals surface area (Å²) in [6.45, 7) is 2.02. The Kier molecular flexibility index (Phi) is 2.74. The van der Waals surface area contributed by atoms with Crippen molar-refractivity contribution in [3.63, 3.8) is 0 Å². The topological polar surface area (TPSA) is 45.2 Å². The predicted octanol–water partition coefficient (Wildman–Crippen LogP) is 2.09. The van der Waals surface area contributed by atoms with Gasteiger partial charge in [-0.2, -0.15) is 0 Å². The molecule has 2 atom stereocenters. The van der Waals surface area contributed by atoms with E-state index in [0.717, 1.165) is 28.7 Å². The Morgan fingerprint density at radius 3 is 2.93 bits per heavy atom. The number of aryl methyl sites for hydroxylation is 1. The number of aliphatic hydroxyl groups excluding tert-OH is 1. The van der Waals surface area contributed by atoms with Gasteiger partial charge in [-0.15, -0.1) is 0 Å². The lowest BCUT2D eigenvalue weighted by molar-refractivity contribution is 0.0784. The molecule has 1 aromatic rings. The molecule has 0 unspecified atom stereocenters. The molecule has 1 fully saturated rings. The van der Waals surface area contributed by atoms with Crippen LogP contribution in [-0.4, -0.2) is 22.2 Å². The van der Waals surface area contributed by atoms with Crippen LogP contribution in [0, 0.1) is 6.92 Å². The maximum atomic E-state index is 9.42. The number of aromatic nitrogens is 1. The van der Waals surface area contributed by atoms with Gasteiger partial charge in [0.15, 0.2) is 0 Å². The van der Waals surface area contributed by atoms with Gasteiger partial charge >= 0.3 is 0 Å². The number of rotatable bonds is 2. The van der Waals surface area contributed by atoms with E-state index in [2.05, 4.69) is 26.2 Å². The minimum atomic E-state index is -0.218. The fourth-order valence-corrected chi connectivity index (χ4v) is 1.82. The molecule has 0 aromatic carbocycles. The van der Waals surface area contributed by atoms with Gasteiger partial charge in [-0.25, -0.2) is 4.98 Å². The zero-order valence-corrected chi connectivity index (χ0v) is 9.58. The molecule has 0 aliphatic heterocycles. The fraction of sp³-hybridized carbons (Fsp3) is 0.500. The zero-order valence-electron chi connectivity index (χ0n) is 8.00. The fourth-order valence-electron chi connectivity index (χ4n) is 1.47. The maximum absolute atomic E-state index is 9.42. The standard InChI is InChI=1S/C10H13BrN2O/c1-6-4-5-12-10(9(6)11)13-7-2-3-8(7)14/h4-5,7-8,14H,2-3H2,1H3,(H,12,13)/t7-,8-/m1/s1. The van der Waals surface area contributed by atoms with E-state index in [1.165, 1.54) is 0 Å². The SMILES string of the molecule is Cc1ccnc(N[C@@H]2CC[C@H]2O)c1Br. The molecule has 0 bridgehead atoms. The van der Waals surface area contributed by atoms with Gasteiger partial charge in [0.1, 0.15) is 5.82 Å². The number of halogens is 1. The molecule has 76 valence electrons. The van der Waals surface area contributed by atoms with Crippen LogP contribution in [0.2, 0.25) is 0 Å². The van der Waals surface area contributed by atoms with Gasteiger partial charge in [-0.3, -0.25) is 0 Å². The van der Waals surface area contributed by atoms with Crippen LogP contribution in [0.15, 0.2) is 16.7 Å². The number of hydrogen-bond acceptors (Lipinski definition) is 3. The molecule has 14 heavy (non-hydrogen) atoms. The highest BCUT2D eigenvalue weighted by Gasteiger charge is 2.29. The lowest BCUT2D eigenvalue weighted by atomic mass is 9.89. The number of nitrogens with zero attached hydrogens (tertiary/aromatic N) is 1. The molecule has 1 heterocycles. The van der Waals surface area contributed by atoms with Crippen molar-refractivity contribution >= 4 is 21.7 Å². The van der Waals surface area contributed by atoms with Gasteiger partial charge in [-0.1, -0.05) is 0 Å². The smallest absolute Gasteiger partial charge is 0.140 e. The van der Waals surface area contributed by atoms with E-state index >= 15 is 0 Å². The minimum Gasteiger partial charge on any atom is -0.391 e. The van der Waals surface area contributed by atoms with Gasteiger partial charge in [0, 0.05) is 6.20 Å². The third kappa shape index (κ3) is 1.77. The first-order chi connectivity index (χ1) is 6.68. The van der Waals surface area contributed by atoms with Crippen molar-refractivity contribution in [2.24, 2.45) is 0 Å². The first-order valence-electron chi connectivity index (χ1n) is 4.74. The summed E-state index contributed by atoms with van der Waals surface area (Å²) >= 11 is 3.48. The van der Waals surface area contributed by atoms with E-state index in [1.807, 2.05) is 13.0 Å². The highest BCUT2D eigenvalue weighted by atomic mass is 79.9. The van der Waals surface area contributed by atoms with E-state index in [1.54, 1.807) is 6.20 Å². The van der Waals surface area contributed by atoms with Crippen molar-refractivity contribution in [1.82, 2.24) is 4.98 Å². The Morgan fingerprint density at radius 1 is 1.57 bits per heavy atom. The molecule has 0 amide bonds. The summed E-state index contributed by atoms with van der Waals surface area (Å²) in [5.41, 5.74) is 1.15. The Hall–Kier alpha value is -0.610. The first-order valence-corrected chi connectivity index (χ1v) is 5.53. The number of aliphatic hydroxyl groups is 1. The molecule has 0 radical (unpaired) electrons. The van der Waals surface area contributed by atoms with Gasteiger partial charge in [0.05, 0.1) is 16.6 Å². The third-order valence-corrected chi connectivity index (χ3v) is 3.64. The van der Waals surface area contributed by atoms with Crippen molar-refractivity contribution in [2.75, 3.05) is 5.32 Å². The van der Waals surface area contributed by atoms with Crippen LogP contribution in [0.4, 0.5) is 5.82 Å². The quantitative estimate of drug-likeness (QED) is 0.852. The minimum absolute atomic E-state index is 0.167. The Balaban J connectivity index is 2.12. The maximum Gasteiger partial charge on any atom is 0.140 e. The monoisotopic (exact) mass is 256 g/mol. The summed E-state index contributed by atoms with van der Waals surface area (Å²) < 4.78 is 0.985. The Labute approximate surface area is 91.7 Å². The highest BCUT2D eigenvalue weighted by Crippen LogP contribution is 2.28. The summed E-state index contributed by atoms with van der Waals surface area (Å²) in [7, 11) is 0. The van der Waals surface area contributed by atoms with Crippen LogP contribution in [0.3, 0.4) is 0 Å². The molecule has 2 N–H and O–H groups in total. The molecule has 0 spiro atoms. The average molecular weight is 257 g/mol. The van der Waals surface area contributed by atoms with Gasteiger partial charge in [-0.05, 0) is 47.3 Å². The Morgan fingerprint density at radius 2 is 2.36 bits per heavy atom. The van der Waals surface area contributed by atoms with Crippen molar-refractivity contribution in [1.29, 1.82) is 0 Å². The van der Waals surface area contributed by atoms with Gasteiger partial charge < -0.3 is 10.4 Å². The molecule has 4 heteroatoms. The summed E-state index contributed by atoms with van der Waals surface area (Å²) in [6, 6.07) is 2.12. The van der Waals surface area contributed by atoms with Crippen LogP contribution in [0.1, 0.15) is 18.4 Å². The first kappa shape index (κ1) is 9.93.